The van der Waals surface area contributed by atoms with Crippen molar-refractivity contribution in [2.45, 2.75) is 37.6 Å². The fourth-order valence-corrected chi connectivity index (χ4v) is 2.92. The Kier molecular flexibility index (Phi) is 4.30. The Balaban J connectivity index is 1.86. The van der Waals surface area contributed by atoms with E-state index in [0.29, 0.717) is 5.56 Å². The number of hydrogen-bond donors (Lipinski definition) is 1. The molecule has 1 amide bonds. The van der Waals surface area contributed by atoms with Crippen LogP contribution in [-0.4, -0.2) is 33.6 Å². The molecule has 1 aromatic carbocycles. The van der Waals surface area contributed by atoms with Gasteiger partial charge in [0, 0.05) is 12.1 Å². The number of rotatable bonds is 3. The van der Waals surface area contributed by atoms with Crippen molar-refractivity contribution in [1.29, 1.82) is 0 Å². The van der Waals surface area contributed by atoms with Crippen LogP contribution >= 0.6 is 23.2 Å². The summed E-state index contributed by atoms with van der Waals surface area (Å²) in [7, 11) is 0. The summed E-state index contributed by atoms with van der Waals surface area (Å²) in [5, 5.41) is 14.5. The van der Waals surface area contributed by atoms with Crippen molar-refractivity contribution < 1.29 is 23.1 Å². The SMILES string of the molecule is O=C(Cc1ccc(Cl)c(Cl)c1)N1N=C(C2CC2)C[C@]1(O)C(F)(F)F. The third-order valence-corrected chi connectivity index (χ3v) is 4.82. The van der Waals surface area contributed by atoms with Gasteiger partial charge in [0.1, 0.15) is 0 Å². The molecule has 0 saturated heterocycles. The van der Waals surface area contributed by atoms with E-state index in [-0.39, 0.29) is 33.1 Å². The van der Waals surface area contributed by atoms with E-state index < -0.39 is 24.2 Å². The van der Waals surface area contributed by atoms with Crippen LogP contribution in [0.2, 0.25) is 10.0 Å². The van der Waals surface area contributed by atoms with Gasteiger partial charge in [0.25, 0.3) is 5.72 Å². The minimum atomic E-state index is -5.00. The average Bonchev–Trinajstić information content (AvgIpc) is 3.25. The number of aliphatic hydroxyl groups is 1. The number of hydrazone groups is 1. The summed E-state index contributed by atoms with van der Waals surface area (Å²) >= 11 is 11.6. The maximum Gasteiger partial charge on any atom is 0.438 e. The zero-order valence-corrected chi connectivity index (χ0v) is 13.8. The molecule has 1 aliphatic carbocycles. The fourth-order valence-electron chi connectivity index (χ4n) is 2.60. The number of carbonyl (C=O) groups is 1. The first-order chi connectivity index (χ1) is 11.1. The Morgan fingerprint density at radius 2 is 2.00 bits per heavy atom. The van der Waals surface area contributed by atoms with Gasteiger partial charge in [-0.3, -0.25) is 4.79 Å². The van der Waals surface area contributed by atoms with E-state index >= 15 is 0 Å². The van der Waals surface area contributed by atoms with E-state index in [1.54, 1.807) is 0 Å². The molecule has 2 aliphatic rings. The van der Waals surface area contributed by atoms with Gasteiger partial charge in [-0.1, -0.05) is 29.3 Å². The number of nitrogens with zero attached hydrogens (tertiary/aromatic N) is 2. The molecule has 9 heteroatoms. The van der Waals surface area contributed by atoms with Crippen LogP contribution in [0.5, 0.6) is 0 Å². The van der Waals surface area contributed by atoms with Crippen LogP contribution in [0.4, 0.5) is 13.2 Å². The second-order valence-electron chi connectivity index (χ2n) is 5.99. The number of alkyl halides is 3. The van der Waals surface area contributed by atoms with Gasteiger partial charge in [0.2, 0.25) is 5.91 Å². The van der Waals surface area contributed by atoms with E-state index in [1.165, 1.54) is 18.2 Å². The van der Waals surface area contributed by atoms with Crippen LogP contribution in [0.15, 0.2) is 23.3 Å². The van der Waals surface area contributed by atoms with Crippen molar-refractivity contribution in [2.24, 2.45) is 11.0 Å². The third kappa shape index (κ3) is 3.12. The molecule has 0 radical (unpaired) electrons. The molecule has 0 aromatic heterocycles. The highest BCUT2D eigenvalue weighted by Crippen LogP contribution is 2.45. The molecule has 4 nitrogen and oxygen atoms in total. The molecule has 1 aromatic rings. The van der Waals surface area contributed by atoms with Crippen molar-refractivity contribution in [1.82, 2.24) is 5.01 Å². The molecule has 1 N–H and O–H groups in total. The summed E-state index contributed by atoms with van der Waals surface area (Å²) in [6.45, 7) is 0. The van der Waals surface area contributed by atoms with Crippen LogP contribution < -0.4 is 0 Å². The quantitative estimate of drug-likeness (QED) is 0.867. The first kappa shape index (κ1) is 17.5. The van der Waals surface area contributed by atoms with Gasteiger partial charge < -0.3 is 5.11 Å². The largest absolute Gasteiger partial charge is 0.438 e. The van der Waals surface area contributed by atoms with Crippen molar-refractivity contribution in [3.63, 3.8) is 0 Å². The van der Waals surface area contributed by atoms with Gasteiger partial charge in [-0.05, 0) is 36.5 Å². The molecule has 0 unspecified atom stereocenters. The number of benzene rings is 1. The standard InChI is InChI=1S/C15H13Cl2F3N2O2/c16-10-4-1-8(5-11(10)17)6-13(23)22-14(24,15(18,19)20)7-12(21-22)9-2-3-9/h1,4-5,9,24H,2-3,6-7H2/t14-/m0/s1. The molecular formula is C15H13Cl2F3N2O2. The van der Waals surface area contributed by atoms with Crippen LogP contribution in [0, 0.1) is 5.92 Å². The van der Waals surface area contributed by atoms with Gasteiger partial charge in [-0.15, -0.1) is 0 Å². The highest BCUT2D eigenvalue weighted by Gasteiger charge is 2.64. The van der Waals surface area contributed by atoms with Crippen LogP contribution in [0.1, 0.15) is 24.8 Å². The maximum absolute atomic E-state index is 13.3. The predicted molar refractivity (Wildman–Crippen MR) is 82.8 cm³/mol. The molecule has 1 aliphatic heterocycles. The van der Waals surface area contributed by atoms with Gasteiger partial charge in [-0.25, -0.2) is 0 Å². The molecule has 1 saturated carbocycles. The Morgan fingerprint density at radius 3 is 2.54 bits per heavy atom. The highest BCUT2D eigenvalue weighted by atomic mass is 35.5. The van der Waals surface area contributed by atoms with Crippen molar-refractivity contribution >= 4 is 34.8 Å². The van der Waals surface area contributed by atoms with E-state index in [1.807, 2.05) is 0 Å². The number of amides is 1. The first-order valence-electron chi connectivity index (χ1n) is 7.25. The molecule has 130 valence electrons. The van der Waals surface area contributed by atoms with E-state index in [2.05, 4.69) is 5.10 Å². The van der Waals surface area contributed by atoms with Crippen molar-refractivity contribution in [2.75, 3.05) is 0 Å². The summed E-state index contributed by atoms with van der Waals surface area (Å²) in [5.41, 5.74) is -2.69. The minimum absolute atomic E-state index is 0.0818. The molecular weight excluding hydrogens is 368 g/mol. The third-order valence-electron chi connectivity index (χ3n) is 4.08. The Hall–Kier alpha value is -1.31. The van der Waals surface area contributed by atoms with E-state index in [9.17, 15) is 23.1 Å². The summed E-state index contributed by atoms with van der Waals surface area (Å²) in [6.07, 6.45) is -4.63. The number of carbonyl (C=O) groups excluding carboxylic acids is 1. The molecule has 1 fully saturated rings. The summed E-state index contributed by atoms with van der Waals surface area (Å²) in [4.78, 5) is 12.3. The van der Waals surface area contributed by atoms with Gasteiger partial charge in [0.15, 0.2) is 0 Å². The van der Waals surface area contributed by atoms with E-state index in [0.717, 1.165) is 12.8 Å². The zero-order chi connectivity index (χ0) is 17.7. The lowest BCUT2D eigenvalue weighted by atomic mass is 10.0. The summed E-state index contributed by atoms with van der Waals surface area (Å²) < 4.78 is 39.9. The highest BCUT2D eigenvalue weighted by molar-refractivity contribution is 6.42. The molecule has 1 atom stereocenters. The average molecular weight is 381 g/mol. The zero-order valence-electron chi connectivity index (χ0n) is 12.3. The fraction of sp³-hybridized carbons (Fsp3) is 0.467. The monoisotopic (exact) mass is 380 g/mol. The van der Waals surface area contributed by atoms with Gasteiger partial charge in [0.05, 0.1) is 16.5 Å². The molecule has 24 heavy (non-hydrogen) atoms. The molecule has 1 heterocycles. The number of hydrogen-bond acceptors (Lipinski definition) is 3. The topological polar surface area (TPSA) is 52.9 Å². The van der Waals surface area contributed by atoms with Crippen molar-refractivity contribution in [3.8, 4) is 0 Å². The molecule has 3 rings (SSSR count). The summed E-state index contributed by atoms with van der Waals surface area (Å²) in [6, 6.07) is 4.34. The second-order valence-corrected chi connectivity index (χ2v) is 6.80. The number of halogens is 5. The smallest absolute Gasteiger partial charge is 0.362 e. The van der Waals surface area contributed by atoms with Gasteiger partial charge in [-0.2, -0.15) is 23.3 Å². The lowest BCUT2D eigenvalue weighted by Gasteiger charge is -2.32. The second kappa shape index (κ2) is 5.89. The summed E-state index contributed by atoms with van der Waals surface area (Å²) in [5.74, 6) is -1.04. The van der Waals surface area contributed by atoms with Crippen LogP contribution in [0.25, 0.3) is 0 Å². The Morgan fingerprint density at radius 1 is 1.33 bits per heavy atom. The lowest BCUT2D eigenvalue weighted by molar-refractivity contribution is -0.302. The van der Waals surface area contributed by atoms with Crippen LogP contribution in [-0.2, 0) is 11.2 Å². The molecule has 0 spiro atoms. The van der Waals surface area contributed by atoms with Crippen LogP contribution in [0.3, 0.4) is 0 Å². The molecule has 0 bridgehead atoms. The first-order valence-corrected chi connectivity index (χ1v) is 8.01. The van der Waals surface area contributed by atoms with Crippen molar-refractivity contribution in [3.05, 3.63) is 33.8 Å². The Labute approximate surface area is 145 Å². The predicted octanol–water partition coefficient (Wildman–Crippen LogP) is 3.79. The lowest BCUT2D eigenvalue weighted by Crippen LogP contribution is -2.57. The van der Waals surface area contributed by atoms with E-state index in [4.69, 9.17) is 23.2 Å². The maximum atomic E-state index is 13.3. The Bertz CT molecular complexity index is 719. The minimum Gasteiger partial charge on any atom is -0.362 e. The normalized spacial score (nSPS) is 24.2. The van der Waals surface area contributed by atoms with Gasteiger partial charge >= 0.3 is 6.18 Å².